The van der Waals surface area contributed by atoms with E-state index in [1.165, 1.54) is 0 Å². The lowest BCUT2D eigenvalue weighted by Crippen LogP contribution is -2.35. The number of benzene rings is 1. The molecule has 1 aromatic rings. The van der Waals surface area contributed by atoms with Gasteiger partial charge in [-0.25, -0.2) is 0 Å². The number of halogens is 1. The van der Waals surface area contributed by atoms with E-state index in [0.29, 0.717) is 0 Å². The number of carbonyl (C=O) groups excluding carboxylic acids is 1. The van der Waals surface area contributed by atoms with Crippen molar-refractivity contribution in [1.82, 2.24) is 5.32 Å². The molecule has 5 heteroatoms. The molecule has 1 aliphatic rings. The van der Waals surface area contributed by atoms with Crippen LogP contribution in [0.3, 0.4) is 0 Å². The molecule has 1 aliphatic heterocycles. The van der Waals surface area contributed by atoms with Gasteiger partial charge in [-0.3, -0.25) is 4.79 Å². The summed E-state index contributed by atoms with van der Waals surface area (Å²) in [5.41, 5.74) is 1.96. The Kier molecular flexibility index (Phi) is 4.24. The van der Waals surface area contributed by atoms with Crippen molar-refractivity contribution in [2.24, 2.45) is 0 Å². The third kappa shape index (κ3) is 3.03. The van der Waals surface area contributed by atoms with Crippen molar-refractivity contribution in [3.63, 3.8) is 0 Å². The molecule has 1 fully saturated rings. The van der Waals surface area contributed by atoms with Crippen LogP contribution in [0.2, 0.25) is 0 Å². The number of aliphatic hydroxyl groups excluding tert-OH is 1. The second-order valence-corrected chi connectivity index (χ2v) is 5.48. The van der Waals surface area contributed by atoms with E-state index >= 15 is 0 Å². The van der Waals surface area contributed by atoms with Gasteiger partial charge in [-0.2, -0.15) is 0 Å². The first kappa shape index (κ1) is 13.4. The van der Waals surface area contributed by atoms with E-state index in [2.05, 4.69) is 26.1 Å². The van der Waals surface area contributed by atoms with Crippen molar-refractivity contribution < 1.29 is 9.90 Å². The van der Waals surface area contributed by atoms with E-state index in [0.717, 1.165) is 35.2 Å². The number of anilines is 1. The van der Waals surface area contributed by atoms with Crippen LogP contribution in [0.15, 0.2) is 22.7 Å². The summed E-state index contributed by atoms with van der Waals surface area (Å²) < 4.78 is 0.998. The van der Waals surface area contributed by atoms with E-state index in [1.807, 2.05) is 18.2 Å². The maximum Gasteiger partial charge on any atom is 0.217 e. The molecule has 2 N–H and O–H groups in total. The average Bonchev–Trinajstić information content (AvgIpc) is 2.76. The lowest BCUT2D eigenvalue weighted by molar-refractivity contribution is -0.119. The molecule has 98 valence electrons. The van der Waals surface area contributed by atoms with Crippen LogP contribution in [0.5, 0.6) is 0 Å². The van der Waals surface area contributed by atoms with Gasteiger partial charge in [0.15, 0.2) is 0 Å². The van der Waals surface area contributed by atoms with E-state index in [4.69, 9.17) is 0 Å². The van der Waals surface area contributed by atoms with Gasteiger partial charge >= 0.3 is 0 Å². The minimum absolute atomic E-state index is 0.0125. The molecule has 4 nitrogen and oxygen atoms in total. The van der Waals surface area contributed by atoms with Gasteiger partial charge in [0.2, 0.25) is 5.91 Å². The SMILES string of the molecule is CC(=O)NC1CCN(c2cc(Br)ccc2CO)C1. The Balaban J connectivity index is 2.13. The third-order valence-electron chi connectivity index (χ3n) is 3.15. The zero-order chi connectivity index (χ0) is 13.1. The molecule has 1 heterocycles. The predicted molar refractivity (Wildman–Crippen MR) is 74.5 cm³/mol. The quantitative estimate of drug-likeness (QED) is 0.892. The molecular weight excluding hydrogens is 296 g/mol. The van der Waals surface area contributed by atoms with Crippen molar-refractivity contribution in [1.29, 1.82) is 0 Å². The lowest BCUT2D eigenvalue weighted by Gasteiger charge is -2.22. The number of rotatable bonds is 3. The highest BCUT2D eigenvalue weighted by Gasteiger charge is 2.24. The van der Waals surface area contributed by atoms with Crippen molar-refractivity contribution in [3.8, 4) is 0 Å². The molecule has 2 rings (SSSR count). The molecule has 0 saturated carbocycles. The first-order valence-electron chi connectivity index (χ1n) is 6.01. The second kappa shape index (κ2) is 5.71. The van der Waals surface area contributed by atoms with Gasteiger partial charge in [-0.05, 0) is 18.6 Å². The van der Waals surface area contributed by atoms with Crippen LogP contribution < -0.4 is 10.2 Å². The van der Waals surface area contributed by atoms with Crippen LogP contribution in [-0.4, -0.2) is 30.1 Å². The highest BCUT2D eigenvalue weighted by Crippen LogP contribution is 2.28. The van der Waals surface area contributed by atoms with E-state index in [1.54, 1.807) is 6.92 Å². The van der Waals surface area contributed by atoms with Crippen LogP contribution >= 0.6 is 15.9 Å². The summed E-state index contributed by atoms with van der Waals surface area (Å²) in [6.45, 7) is 3.27. The smallest absolute Gasteiger partial charge is 0.217 e. The molecule has 0 aliphatic carbocycles. The van der Waals surface area contributed by atoms with E-state index in [-0.39, 0.29) is 18.6 Å². The summed E-state index contributed by atoms with van der Waals surface area (Å²) in [5, 5.41) is 12.3. The summed E-state index contributed by atoms with van der Waals surface area (Å²) in [6.07, 6.45) is 0.941. The number of nitrogens with one attached hydrogen (secondary N) is 1. The Morgan fingerprint density at radius 3 is 3.06 bits per heavy atom. The molecule has 1 saturated heterocycles. The monoisotopic (exact) mass is 312 g/mol. The van der Waals surface area contributed by atoms with Crippen molar-refractivity contribution in [3.05, 3.63) is 28.2 Å². The fraction of sp³-hybridized carbons (Fsp3) is 0.462. The van der Waals surface area contributed by atoms with Crippen LogP contribution in [0.25, 0.3) is 0 Å². The van der Waals surface area contributed by atoms with Crippen molar-refractivity contribution >= 4 is 27.5 Å². The molecule has 1 unspecified atom stereocenters. The molecule has 0 aromatic heterocycles. The van der Waals surface area contributed by atoms with Gasteiger partial charge in [-0.15, -0.1) is 0 Å². The van der Waals surface area contributed by atoms with Crippen LogP contribution in [0.1, 0.15) is 18.9 Å². The number of amides is 1. The van der Waals surface area contributed by atoms with Gasteiger partial charge in [0.1, 0.15) is 0 Å². The summed E-state index contributed by atoms with van der Waals surface area (Å²) in [6, 6.07) is 6.07. The zero-order valence-electron chi connectivity index (χ0n) is 10.3. The minimum Gasteiger partial charge on any atom is -0.392 e. The van der Waals surface area contributed by atoms with E-state index < -0.39 is 0 Å². The highest BCUT2D eigenvalue weighted by molar-refractivity contribution is 9.10. The Labute approximate surface area is 115 Å². The first-order valence-corrected chi connectivity index (χ1v) is 6.81. The summed E-state index contributed by atoms with van der Waals surface area (Å²) in [4.78, 5) is 13.2. The Hall–Kier alpha value is -1.07. The zero-order valence-corrected chi connectivity index (χ0v) is 11.9. The van der Waals surface area contributed by atoms with Gasteiger partial charge in [0.25, 0.3) is 0 Å². The fourth-order valence-corrected chi connectivity index (χ4v) is 2.70. The van der Waals surface area contributed by atoms with Gasteiger partial charge in [0, 0.05) is 41.8 Å². The van der Waals surface area contributed by atoms with Crippen molar-refractivity contribution in [2.75, 3.05) is 18.0 Å². The normalized spacial score (nSPS) is 19.1. The number of aliphatic hydroxyl groups is 1. The molecule has 1 atom stereocenters. The summed E-state index contributed by atoms with van der Waals surface area (Å²) >= 11 is 3.45. The van der Waals surface area contributed by atoms with E-state index in [9.17, 15) is 9.90 Å². The van der Waals surface area contributed by atoms with Crippen LogP contribution in [-0.2, 0) is 11.4 Å². The third-order valence-corrected chi connectivity index (χ3v) is 3.65. The van der Waals surface area contributed by atoms with Crippen molar-refractivity contribution in [2.45, 2.75) is 26.0 Å². The molecule has 0 radical (unpaired) electrons. The Bertz CT molecular complexity index is 451. The summed E-state index contributed by atoms with van der Waals surface area (Å²) in [7, 11) is 0. The first-order chi connectivity index (χ1) is 8.60. The van der Waals surface area contributed by atoms with Crippen LogP contribution in [0.4, 0.5) is 5.69 Å². The van der Waals surface area contributed by atoms with Gasteiger partial charge in [-0.1, -0.05) is 22.0 Å². The molecule has 0 spiro atoms. The number of nitrogens with zero attached hydrogens (tertiary/aromatic N) is 1. The highest BCUT2D eigenvalue weighted by atomic mass is 79.9. The second-order valence-electron chi connectivity index (χ2n) is 4.56. The fourth-order valence-electron chi connectivity index (χ4n) is 2.35. The number of hydrogen-bond acceptors (Lipinski definition) is 3. The molecule has 1 amide bonds. The molecule has 18 heavy (non-hydrogen) atoms. The molecule has 1 aromatic carbocycles. The maximum absolute atomic E-state index is 11.0. The Morgan fingerprint density at radius 1 is 1.61 bits per heavy atom. The topological polar surface area (TPSA) is 52.6 Å². The summed E-state index contributed by atoms with van der Waals surface area (Å²) in [5.74, 6) is 0.0125. The standard InChI is InChI=1S/C13H17BrN2O2/c1-9(18)15-12-4-5-16(7-12)13-6-11(14)3-2-10(13)8-17/h2-3,6,12,17H,4-5,7-8H2,1H3,(H,15,18). The maximum atomic E-state index is 11.0. The minimum atomic E-state index is 0.0125. The lowest BCUT2D eigenvalue weighted by atomic mass is 10.1. The average molecular weight is 313 g/mol. The Morgan fingerprint density at radius 2 is 2.39 bits per heavy atom. The van der Waals surface area contributed by atoms with Gasteiger partial charge in [0.05, 0.1) is 6.61 Å². The number of carbonyl (C=O) groups is 1. The molecular formula is C13H17BrN2O2. The predicted octanol–water partition coefficient (Wildman–Crippen LogP) is 1.66. The number of hydrogen-bond donors (Lipinski definition) is 2. The largest absolute Gasteiger partial charge is 0.392 e. The molecule has 0 bridgehead atoms. The van der Waals surface area contributed by atoms with Crippen LogP contribution in [0, 0.1) is 0 Å². The van der Waals surface area contributed by atoms with Gasteiger partial charge < -0.3 is 15.3 Å².